The summed E-state index contributed by atoms with van der Waals surface area (Å²) in [5.74, 6) is 0. The van der Waals surface area contributed by atoms with E-state index in [2.05, 4.69) is 0 Å². The van der Waals surface area contributed by atoms with Crippen molar-refractivity contribution in [2.24, 2.45) is 0 Å². The lowest BCUT2D eigenvalue weighted by molar-refractivity contribution is 0.258. The van der Waals surface area contributed by atoms with Crippen LogP contribution < -0.4 is 0 Å². The SMILES string of the molecule is CP(=O)(O)CN(CCCCCCN(CCCCCCN(CP(=O)(O)O)CP(=O)(O)O)CP(=O)(O)O)CP(=O)(O)O. The molecule has 0 aromatic carbocycles. The van der Waals surface area contributed by atoms with Crippen LogP contribution in [0.3, 0.4) is 0 Å². The molecular weight excluding hydrogens is 637 g/mol. The first-order valence-corrected chi connectivity index (χ1v) is 22.1. The van der Waals surface area contributed by atoms with E-state index < -0.39 is 62.9 Å². The number of hydrogen-bond acceptors (Lipinski definition) is 8. The molecule has 242 valence electrons. The summed E-state index contributed by atoms with van der Waals surface area (Å²) in [6.07, 6.45) is 1.70. The fourth-order valence-corrected chi connectivity index (χ4v) is 8.48. The molecule has 0 bridgehead atoms. The van der Waals surface area contributed by atoms with Crippen molar-refractivity contribution in [1.29, 1.82) is 0 Å². The van der Waals surface area contributed by atoms with E-state index in [0.717, 1.165) is 11.6 Å². The summed E-state index contributed by atoms with van der Waals surface area (Å²) >= 11 is 0. The molecule has 0 rings (SSSR count). The smallest absolute Gasteiger partial charge is 0.339 e. The molecule has 0 aromatic heterocycles. The predicted octanol–water partition coefficient (Wildman–Crippen LogP) is 1.41. The van der Waals surface area contributed by atoms with Crippen molar-refractivity contribution >= 4 is 37.8 Å². The zero-order valence-electron chi connectivity index (χ0n) is 22.7. The van der Waals surface area contributed by atoms with Crippen molar-refractivity contribution in [3.8, 4) is 0 Å². The van der Waals surface area contributed by atoms with E-state index in [1.54, 1.807) is 4.90 Å². The normalized spacial score (nSPS) is 15.3. The molecule has 0 radical (unpaired) electrons. The van der Waals surface area contributed by atoms with Crippen molar-refractivity contribution in [1.82, 2.24) is 14.7 Å². The Morgan fingerprint density at radius 1 is 0.375 bits per heavy atom. The first-order valence-electron chi connectivity index (χ1n) is 12.6. The van der Waals surface area contributed by atoms with Crippen LogP contribution in [-0.4, -0.2) is 123 Å². The minimum absolute atomic E-state index is 0.0715. The Hall–Kier alpha value is 0.670. The quantitative estimate of drug-likeness (QED) is 0.0514. The highest BCUT2D eigenvalue weighted by molar-refractivity contribution is 7.57. The second-order valence-corrected chi connectivity index (χ2v) is 19.0. The Bertz CT molecular complexity index is 846. The zero-order valence-corrected chi connectivity index (χ0v) is 27.1. The monoisotopic (exact) mass is 683 g/mol. The molecule has 1 atom stereocenters. The fourth-order valence-electron chi connectivity index (χ4n) is 4.09. The van der Waals surface area contributed by atoms with Gasteiger partial charge in [0.2, 0.25) is 7.37 Å². The highest BCUT2D eigenvalue weighted by Gasteiger charge is 2.26. The van der Waals surface area contributed by atoms with E-state index in [4.69, 9.17) is 19.6 Å². The standard InChI is InChI=1S/C18H46N3O14P5/c1-36(22,23)14-20(16-38(27,28)29)12-8-4-2-6-10-19(15-37(24,25)26)11-7-3-5-9-13-21(17-39(30,31)32)18-40(33,34)35/h2-18H2,1H3,(H,22,23)(H2,24,25,26)(H2,27,28,29)(H2,30,31,32)(H2,33,34,35). The van der Waals surface area contributed by atoms with Crippen LogP contribution in [0.4, 0.5) is 0 Å². The zero-order chi connectivity index (χ0) is 31.3. The summed E-state index contributed by atoms with van der Waals surface area (Å²) in [6, 6.07) is 0. The minimum Gasteiger partial charge on any atom is -0.344 e. The number of unbranched alkanes of at least 4 members (excludes halogenated alkanes) is 6. The summed E-state index contributed by atoms with van der Waals surface area (Å²) in [5, 5.41) is 0. The molecule has 0 saturated heterocycles. The maximum atomic E-state index is 11.6. The van der Waals surface area contributed by atoms with Crippen molar-refractivity contribution in [3.63, 3.8) is 0 Å². The molecule has 0 aliphatic rings. The lowest BCUT2D eigenvalue weighted by Gasteiger charge is -2.24. The molecule has 0 heterocycles. The van der Waals surface area contributed by atoms with Gasteiger partial charge in [0.25, 0.3) is 0 Å². The van der Waals surface area contributed by atoms with Gasteiger partial charge in [-0.1, -0.05) is 25.7 Å². The van der Waals surface area contributed by atoms with E-state index >= 15 is 0 Å². The van der Waals surface area contributed by atoms with Crippen molar-refractivity contribution in [2.75, 3.05) is 64.3 Å². The van der Waals surface area contributed by atoms with Crippen molar-refractivity contribution in [3.05, 3.63) is 0 Å². The third kappa shape index (κ3) is 28.8. The lowest BCUT2D eigenvalue weighted by Crippen LogP contribution is -2.28. The van der Waals surface area contributed by atoms with E-state index in [0.29, 0.717) is 64.5 Å². The molecule has 0 amide bonds. The van der Waals surface area contributed by atoms with Gasteiger partial charge in [-0.25, -0.2) is 0 Å². The highest BCUT2D eigenvalue weighted by atomic mass is 31.2. The topological polar surface area (TPSA) is 277 Å². The van der Waals surface area contributed by atoms with Crippen LogP contribution in [0.15, 0.2) is 0 Å². The van der Waals surface area contributed by atoms with Gasteiger partial charge in [-0.05, 0) is 51.9 Å². The van der Waals surface area contributed by atoms with Crippen LogP contribution in [-0.2, 0) is 22.8 Å². The fraction of sp³-hybridized carbons (Fsp3) is 1.00. The molecule has 0 fully saturated rings. The minimum atomic E-state index is -4.50. The maximum Gasteiger partial charge on any atom is 0.339 e. The van der Waals surface area contributed by atoms with Crippen molar-refractivity contribution < 1.29 is 66.9 Å². The molecule has 22 heteroatoms. The number of hydrogen-bond donors (Lipinski definition) is 9. The maximum absolute atomic E-state index is 11.6. The van der Waals surface area contributed by atoms with Crippen LogP contribution >= 0.6 is 37.8 Å². The Labute approximate surface area is 235 Å². The third-order valence-corrected chi connectivity index (χ3v) is 9.40. The van der Waals surface area contributed by atoms with E-state index in [1.165, 1.54) is 4.90 Å². The molecule has 0 aliphatic carbocycles. The van der Waals surface area contributed by atoms with Crippen LogP contribution in [0, 0.1) is 0 Å². The van der Waals surface area contributed by atoms with Gasteiger partial charge in [0, 0.05) is 6.66 Å². The van der Waals surface area contributed by atoms with E-state index in [-0.39, 0.29) is 19.4 Å². The first-order chi connectivity index (χ1) is 17.9. The second-order valence-electron chi connectivity index (χ2n) is 10.2. The molecule has 40 heavy (non-hydrogen) atoms. The summed E-state index contributed by atoms with van der Waals surface area (Å²) in [5.41, 5.74) is 0. The van der Waals surface area contributed by atoms with Gasteiger partial charge in [0.1, 0.15) is 25.1 Å². The molecular formula is C18H46N3O14P5. The van der Waals surface area contributed by atoms with Crippen LogP contribution in [0.2, 0.25) is 0 Å². The van der Waals surface area contributed by atoms with E-state index in [1.807, 2.05) is 0 Å². The molecule has 1 unspecified atom stereocenters. The van der Waals surface area contributed by atoms with Gasteiger partial charge in [-0.3, -0.25) is 37.5 Å². The average Bonchev–Trinajstić information content (AvgIpc) is 2.66. The molecule has 0 aliphatic heterocycles. The van der Waals surface area contributed by atoms with Gasteiger partial charge in [-0.15, -0.1) is 0 Å². The highest BCUT2D eigenvalue weighted by Crippen LogP contribution is 2.42. The Kier molecular flexibility index (Phi) is 18.8. The van der Waals surface area contributed by atoms with Gasteiger partial charge >= 0.3 is 30.4 Å². The van der Waals surface area contributed by atoms with Gasteiger partial charge in [0.05, 0.1) is 6.29 Å². The third-order valence-electron chi connectivity index (χ3n) is 5.40. The Morgan fingerprint density at radius 3 is 0.850 bits per heavy atom. The van der Waals surface area contributed by atoms with Crippen molar-refractivity contribution in [2.45, 2.75) is 51.4 Å². The number of rotatable bonds is 24. The predicted molar refractivity (Wildman–Crippen MR) is 150 cm³/mol. The lowest BCUT2D eigenvalue weighted by atomic mass is 10.1. The molecule has 17 nitrogen and oxygen atoms in total. The molecule has 0 aromatic rings. The average molecular weight is 683 g/mol. The summed E-state index contributed by atoms with van der Waals surface area (Å²) in [4.78, 5) is 87.0. The number of nitrogens with zero attached hydrogens (tertiary/aromatic N) is 3. The first kappa shape index (κ1) is 40.7. The van der Waals surface area contributed by atoms with Crippen LogP contribution in [0.5, 0.6) is 0 Å². The largest absolute Gasteiger partial charge is 0.344 e. The van der Waals surface area contributed by atoms with Gasteiger partial charge < -0.3 is 44.0 Å². The van der Waals surface area contributed by atoms with Gasteiger partial charge in [0.15, 0.2) is 0 Å². The van der Waals surface area contributed by atoms with Crippen LogP contribution in [0.25, 0.3) is 0 Å². The summed E-state index contributed by atoms with van der Waals surface area (Å²) in [6.45, 7) is 2.19. The second kappa shape index (κ2) is 18.5. The van der Waals surface area contributed by atoms with Crippen LogP contribution in [0.1, 0.15) is 51.4 Å². The molecule has 0 spiro atoms. The summed E-state index contributed by atoms with van der Waals surface area (Å²) < 4.78 is 56.9. The summed E-state index contributed by atoms with van der Waals surface area (Å²) in [7, 11) is -21.2. The Balaban J connectivity index is 4.52. The molecule has 9 N–H and O–H groups in total. The Morgan fingerprint density at radius 2 is 0.600 bits per heavy atom. The van der Waals surface area contributed by atoms with Gasteiger partial charge in [-0.2, -0.15) is 0 Å². The molecule has 0 saturated carbocycles. The van der Waals surface area contributed by atoms with E-state index in [9.17, 15) is 47.3 Å².